The van der Waals surface area contributed by atoms with Crippen LogP contribution in [0.5, 0.6) is 0 Å². The summed E-state index contributed by atoms with van der Waals surface area (Å²) in [6, 6.07) is -0.212. The molecule has 84 valence electrons. The lowest BCUT2D eigenvalue weighted by atomic mass is 10.1. The first-order valence-corrected chi connectivity index (χ1v) is 4.50. The van der Waals surface area contributed by atoms with Gasteiger partial charge in [0.15, 0.2) is 0 Å². The van der Waals surface area contributed by atoms with E-state index in [-0.39, 0.29) is 12.1 Å². The number of primary amides is 1. The van der Waals surface area contributed by atoms with Crippen molar-refractivity contribution in [1.29, 1.82) is 0 Å². The van der Waals surface area contributed by atoms with Gasteiger partial charge in [-0.3, -0.25) is 4.79 Å². The van der Waals surface area contributed by atoms with Gasteiger partial charge in [0, 0.05) is 0 Å². The maximum absolute atomic E-state index is 11.0. The van der Waals surface area contributed by atoms with Gasteiger partial charge in [-0.05, 0) is 20.8 Å². The molecule has 1 aromatic heterocycles. The Hall–Kier alpha value is -1.63. The molecular weight excluding hydrogens is 198 g/mol. The van der Waals surface area contributed by atoms with Crippen molar-refractivity contribution in [3.63, 3.8) is 0 Å². The number of nitrogens with zero attached hydrogens (tertiary/aromatic N) is 2. The summed E-state index contributed by atoms with van der Waals surface area (Å²) >= 11 is 0. The predicted octanol–water partition coefficient (Wildman–Crippen LogP) is -0.235. The van der Waals surface area contributed by atoms with E-state index in [0.29, 0.717) is 5.89 Å². The summed E-state index contributed by atoms with van der Waals surface area (Å²) in [5, 5.41) is 10.1. The number of hydrogen-bond acceptors (Lipinski definition) is 6. The third-order valence-electron chi connectivity index (χ3n) is 1.87. The Kier molecular flexibility index (Phi) is 2.94. The van der Waals surface area contributed by atoms with Crippen LogP contribution < -0.4 is 16.8 Å². The van der Waals surface area contributed by atoms with Crippen LogP contribution in [0.4, 0.5) is 6.01 Å². The maximum atomic E-state index is 11.0. The van der Waals surface area contributed by atoms with Crippen molar-refractivity contribution < 1.29 is 9.21 Å². The van der Waals surface area contributed by atoms with Crippen molar-refractivity contribution in [1.82, 2.24) is 10.2 Å². The Labute approximate surface area is 87.2 Å². The van der Waals surface area contributed by atoms with E-state index in [1.807, 2.05) is 0 Å². The molecule has 1 heterocycles. The van der Waals surface area contributed by atoms with E-state index in [9.17, 15) is 4.79 Å². The first-order valence-electron chi connectivity index (χ1n) is 4.50. The molecule has 0 radical (unpaired) electrons. The maximum Gasteiger partial charge on any atom is 0.316 e. The van der Waals surface area contributed by atoms with Crippen LogP contribution in [-0.2, 0) is 4.79 Å². The smallest absolute Gasteiger partial charge is 0.316 e. The first kappa shape index (κ1) is 11.4. The summed E-state index contributed by atoms with van der Waals surface area (Å²) in [6.07, 6.45) is 0. The molecule has 1 rings (SSSR count). The first-order chi connectivity index (χ1) is 6.83. The zero-order valence-electron chi connectivity index (χ0n) is 8.94. The molecule has 0 aromatic carbocycles. The number of nitrogens with two attached hydrogens (primary N) is 2. The van der Waals surface area contributed by atoms with Gasteiger partial charge in [-0.2, -0.15) is 0 Å². The van der Waals surface area contributed by atoms with Crippen molar-refractivity contribution in [2.24, 2.45) is 11.5 Å². The van der Waals surface area contributed by atoms with E-state index in [1.54, 1.807) is 20.8 Å². The van der Waals surface area contributed by atoms with Gasteiger partial charge < -0.3 is 21.2 Å². The van der Waals surface area contributed by atoms with E-state index >= 15 is 0 Å². The highest BCUT2D eigenvalue weighted by molar-refractivity contribution is 5.86. The molecule has 0 aliphatic heterocycles. The molecule has 0 aliphatic rings. The van der Waals surface area contributed by atoms with Crippen LogP contribution in [0.1, 0.15) is 32.7 Å². The summed E-state index contributed by atoms with van der Waals surface area (Å²) in [5.74, 6) is -0.208. The Morgan fingerprint density at radius 1 is 1.53 bits per heavy atom. The van der Waals surface area contributed by atoms with Gasteiger partial charge in [0.05, 0.1) is 6.04 Å². The van der Waals surface area contributed by atoms with Crippen molar-refractivity contribution in [2.45, 2.75) is 32.4 Å². The molecule has 7 nitrogen and oxygen atoms in total. The molecule has 0 aliphatic carbocycles. The van der Waals surface area contributed by atoms with E-state index < -0.39 is 11.4 Å². The molecule has 5 N–H and O–H groups in total. The van der Waals surface area contributed by atoms with Gasteiger partial charge in [0.2, 0.25) is 11.8 Å². The van der Waals surface area contributed by atoms with E-state index in [2.05, 4.69) is 15.5 Å². The minimum absolute atomic E-state index is 0.131. The highest BCUT2D eigenvalue weighted by Gasteiger charge is 2.26. The fourth-order valence-corrected chi connectivity index (χ4v) is 0.798. The number of rotatable bonds is 4. The second-order valence-corrected chi connectivity index (χ2v) is 3.85. The van der Waals surface area contributed by atoms with Gasteiger partial charge in [0.25, 0.3) is 0 Å². The van der Waals surface area contributed by atoms with Crippen molar-refractivity contribution in [2.75, 3.05) is 5.32 Å². The third-order valence-corrected chi connectivity index (χ3v) is 1.87. The van der Waals surface area contributed by atoms with Gasteiger partial charge in [-0.1, -0.05) is 5.10 Å². The Balaban J connectivity index is 2.77. The molecule has 0 spiro atoms. The van der Waals surface area contributed by atoms with E-state index in [0.717, 1.165) is 0 Å². The topological polar surface area (TPSA) is 120 Å². The second-order valence-electron chi connectivity index (χ2n) is 3.85. The number of hydrogen-bond donors (Lipinski definition) is 3. The summed E-state index contributed by atoms with van der Waals surface area (Å²) in [6.45, 7) is 4.95. The van der Waals surface area contributed by atoms with Crippen LogP contribution in [0.3, 0.4) is 0 Å². The van der Waals surface area contributed by atoms with Crippen LogP contribution >= 0.6 is 0 Å². The average Bonchev–Trinajstić information content (AvgIpc) is 2.51. The van der Waals surface area contributed by atoms with Crippen LogP contribution in [0.25, 0.3) is 0 Å². The summed E-state index contributed by atoms with van der Waals surface area (Å²) in [5.41, 5.74) is 9.76. The summed E-state index contributed by atoms with van der Waals surface area (Å²) in [4.78, 5) is 11.0. The zero-order chi connectivity index (χ0) is 11.6. The van der Waals surface area contributed by atoms with Crippen molar-refractivity contribution in [3.05, 3.63) is 5.89 Å². The molecule has 0 saturated heterocycles. The number of anilines is 1. The van der Waals surface area contributed by atoms with Gasteiger partial charge in [0.1, 0.15) is 5.54 Å². The quantitative estimate of drug-likeness (QED) is 0.635. The van der Waals surface area contributed by atoms with Crippen LogP contribution in [0.2, 0.25) is 0 Å². The van der Waals surface area contributed by atoms with Gasteiger partial charge >= 0.3 is 6.01 Å². The molecule has 0 bridgehead atoms. The van der Waals surface area contributed by atoms with Crippen LogP contribution in [-0.4, -0.2) is 21.6 Å². The number of carbonyl (C=O) groups is 1. The lowest BCUT2D eigenvalue weighted by Crippen LogP contribution is -2.45. The Morgan fingerprint density at radius 3 is 2.53 bits per heavy atom. The van der Waals surface area contributed by atoms with Crippen molar-refractivity contribution >= 4 is 11.9 Å². The normalized spacial score (nSPS) is 13.6. The molecule has 1 aromatic rings. The van der Waals surface area contributed by atoms with Crippen LogP contribution in [0, 0.1) is 0 Å². The monoisotopic (exact) mass is 213 g/mol. The summed E-state index contributed by atoms with van der Waals surface area (Å²) in [7, 11) is 0. The highest BCUT2D eigenvalue weighted by Crippen LogP contribution is 2.15. The number of aromatic nitrogens is 2. The number of carbonyl (C=O) groups excluding carboxylic acids is 1. The van der Waals surface area contributed by atoms with E-state index in [1.165, 1.54) is 0 Å². The Morgan fingerprint density at radius 2 is 2.13 bits per heavy atom. The largest absolute Gasteiger partial charge is 0.406 e. The zero-order valence-corrected chi connectivity index (χ0v) is 8.94. The standard InChI is InChI=1S/C8H15N5O2/c1-4(9)5-12-13-7(15-5)11-8(2,3)6(10)14/h4H,9H2,1-3H3,(H2,10,14)(H,11,13). The SMILES string of the molecule is CC(N)c1nnc(NC(C)(C)C(N)=O)o1. The molecule has 1 unspecified atom stereocenters. The second kappa shape index (κ2) is 3.85. The summed E-state index contributed by atoms with van der Waals surface area (Å²) < 4.78 is 5.16. The highest BCUT2D eigenvalue weighted by atomic mass is 16.4. The molecule has 0 saturated carbocycles. The molecule has 1 atom stereocenters. The Bertz CT molecular complexity index is 358. The molecule has 15 heavy (non-hydrogen) atoms. The molecule has 0 fully saturated rings. The third kappa shape index (κ3) is 2.66. The van der Waals surface area contributed by atoms with Gasteiger partial charge in [-0.15, -0.1) is 5.10 Å². The van der Waals surface area contributed by atoms with Crippen LogP contribution in [0.15, 0.2) is 4.42 Å². The van der Waals surface area contributed by atoms with E-state index in [4.69, 9.17) is 15.9 Å². The predicted molar refractivity (Wildman–Crippen MR) is 53.8 cm³/mol. The molecular formula is C8H15N5O2. The van der Waals surface area contributed by atoms with Gasteiger partial charge in [-0.25, -0.2) is 0 Å². The fourth-order valence-electron chi connectivity index (χ4n) is 0.798. The number of amides is 1. The van der Waals surface area contributed by atoms with Crippen molar-refractivity contribution in [3.8, 4) is 0 Å². The molecule has 1 amide bonds. The molecule has 7 heteroatoms. The minimum Gasteiger partial charge on any atom is -0.406 e. The number of nitrogens with one attached hydrogen (secondary N) is 1. The lowest BCUT2D eigenvalue weighted by Gasteiger charge is -2.20. The minimum atomic E-state index is -0.943. The average molecular weight is 213 g/mol. The fraction of sp³-hybridized carbons (Fsp3) is 0.625. The lowest BCUT2D eigenvalue weighted by molar-refractivity contribution is -0.121.